The summed E-state index contributed by atoms with van der Waals surface area (Å²) in [6.45, 7) is 8.92. The van der Waals surface area contributed by atoms with Crippen molar-refractivity contribution in [3.8, 4) is 12.1 Å². The summed E-state index contributed by atoms with van der Waals surface area (Å²) >= 11 is 0. The Kier molecular flexibility index (Phi) is 6.56. The number of carbonyl (C=O) groups excluding carboxylic acids is 1. The van der Waals surface area contributed by atoms with Crippen molar-refractivity contribution < 1.29 is 4.79 Å². The third kappa shape index (κ3) is 3.90. The SMILES string of the molecule is C/C=C(C#N)\C=C(/N(C)C)N1CC2(CCC2)c2c1ncnc2N1C[C@@H](C)N(C(=O)C2(C#N)CNC2)C[C@@H]1C. The average molecular weight is 516 g/mol. The average Bonchev–Trinajstić information content (AvgIpc) is 3.21. The molecule has 3 aliphatic heterocycles. The number of hydrogen-bond acceptors (Lipinski definition) is 9. The Morgan fingerprint density at radius 2 is 1.87 bits per heavy atom. The number of hydrogen-bond donors (Lipinski definition) is 1. The maximum absolute atomic E-state index is 13.4. The Labute approximate surface area is 225 Å². The zero-order valence-electron chi connectivity index (χ0n) is 23.0. The summed E-state index contributed by atoms with van der Waals surface area (Å²) in [6, 6.07) is 4.54. The van der Waals surface area contributed by atoms with Crippen LogP contribution in [0.1, 0.15) is 45.6 Å². The molecule has 4 aliphatic rings. The molecule has 3 fully saturated rings. The molecule has 1 aromatic heterocycles. The van der Waals surface area contributed by atoms with Crippen LogP contribution in [-0.4, -0.2) is 84.6 Å². The van der Waals surface area contributed by atoms with E-state index < -0.39 is 5.41 Å². The van der Waals surface area contributed by atoms with Gasteiger partial charge in [0.25, 0.3) is 0 Å². The first-order valence-corrected chi connectivity index (χ1v) is 13.5. The van der Waals surface area contributed by atoms with E-state index in [2.05, 4.69) is 41.1 Å². The molecule has 2 atom stereocenters. The van der Waals surface area contributed by atoms with Gasteiger partial charge in [0, 0.05) is 69.9 Å². The van der Waals surface area contributed by atoms with E-state index >= 15 is 0 Å². The monoisotopic (exact) mass is 515 g/mol. The molecule has 0 aromatic carbocycles. The summed E-state index contributed by atoms with van der Waals surface area (Å²) in [4.78, 5) is 31.5. The second kappa shape index (κ2) is 9.59. The van der Waals surface area contributed by atoms with Gasteiger partial charge in [0.1, 0.15) is 23.8 Å². The van der Waals surface area contributed by atoms with Crippen molar-refractivity contribution in [1.29, 1.82) is 10.5 Å². The maximum Gasteiger partial charge on any atom is 0.246 e. The molecule has 1 aliphatic carbocycles. The fraction of sp³-hybridized carbons (Fsp3) is 0.607. The molecule has 1 saturated carbocycles. The molecular formula is C28H37N9O. The first-order chi connectivity index (χ1) is 18.2. The summed E-state index contributed by atoms with van der Waals surface area (Å²) in [7, 11) is 3.99. The fourth-order valence-electron chi connectivity index (χ4n) is 6.32. The third-order valence-corrected chi connectivity index (χ3v) is 8.82. The molecule has 1 N–H and O–H groups in total. The van der Waals surface area contributed by atoms with Crippen LogP contribution in [0.4, 0.5) is 11.6 Å². The van der Waals surface area contributed by atoms with Gasteiger partial charge in [0.15, 0.2) is 5.41 Å². The smallest absolute Gasteiger partial charge is 0.246 e. The van der Waals surface area contributed by atoms with E-state index in [9.17, 15) is 15.3 Å². The summed E-state index contributed by atoms with van der Waals surface area (Å²) < 4.78 is 0. The zero-order valence-corrected chi connectivity index (χ0v) is 23.0. The van der Waals surface area contributed by atoms with Gasteiger partial charge < -0.3 is 24.9 Å². The predicted octanol–water partition coefficient (Wildman–Crippen LogP) is 2.13. The number of fused-ring (bicyclic) bond motifs is 2. The maximum atomic E-state index is 13.4. The van der Waals surface area contributed by atoms with Crippen LogP contribution in [0.5, 0.6) is 0 Å². The lowest BCUT2D eigenvalue weighted by Gasteiger charge is -2.49. The topological polar surface area (TPSA) is 115 Å². The number of nitriles is 2. The lowest BCUT2D eigenvalue weighted by atomic mass is 9.66. The highest BCUT2D eigenvalue weighted by molar-refractivity contribution is 5.88. The lowest BCUT2D eigenvalue weighted by Crippen LogP contribution is -2.67. The molecule has 38 heavy (non-hydrogen) atoms. The van der Waals surface area contributed by atoms with Gasteiger partial charge in [-0.1, -0.05) is 12.5 Å². The van der Waals surface area contributed by atoms with Crippen LogP contribution in [0.25, 0.3) is 0 Å². The van der Waals surface area contributed by atoms with Crippen molar-refractivity contribution in [2.75, 3.05) is 56.6 Å². The third-order valence-electron chi connectivity index (χ3n) is 8.82. The Morgan fingerprint density at radius 1 is 1.16 bits per heavy atom. The van der Waals surface area contributed by atoms with E-state index in [1.807, 2.05) is 43.0 Å². The van der Waals surface area contributed by atoms with Crippen molar-refractivity contribution >= 4 is 17.5 Å². The van der Waals surface area contributed by atoms with E-state index in [0.29, 0.717) is 31.8 Å². The van der Waals surface area contributed by atoms with E-state index in [1.54, 1.807) is 6.33 Å². The molecule has 0 unspecified atom stereocenters. The highest BCUT2D eigenvalue weighted by Crippen LogP contribution is 2.56. The van der Waals surface area contributed by atoms with Crippen molar-refractivity contribution in [1.82, 2.24) is 25.1 Å². The van der Waals surface area contributed by atoms with Crippen molar-refractivity contribution in [2.24, 2.45) is 5.41 Å². The van der Waals surface area contributed by atoms with Gasteiger partial charge in [0.05, 0.1) is 17.7 Å². The molecule has 0 bridgehead atoms. The molecule has 10 nitrogen and oxygen atoms in total. The van der Waals surface area contributed by atoms with Gasteiger partial charge in [0.2, 0.25) is 5.91 Å². The van der Waals surface area contributed by atoms with Crippen molar-refractivity contribution in [3.05, 3.63) is 35.4 Å². The number of aromatic nitrogens is 2. The van der Waals surface area contributed by atoms with Gasteiger partial charge in [-0.15, -0.1) is 0 Å². The predicted molar refractivity (Wildman–Crippen MR) is 145 cm³/mol. The molecule has 2 saturated heterocycles. The number of amides is 1. The molecule has 0 radical (unpaired) electrons. The summed E-state index contributed by atoms with van der Waals surface area (Å²) in [5.41, 5.74) is 0.836. The Morgan fingerprint density at radius 3 is 2.39 bits per heavy atom. The van der Waals surface area contributed by atoms with Crippen LogP contribution in [0.2, 0.25) is 0 Å². The van der Waals surface area contributed by atoms with Gasteiger partial charge >= 0.3 is 0 Å². The summed E-state index contributed by atoms with van der Waals surface area (Å²) in [6.07, 6.45) is 8.72. The van der Waals surface area contributed by atoms with Gasteiger partial charge in [-0.3, -0.25) is 4.79 Å². The Balaban J connectivity index is 1.50. The summed E-state index contributed by atoms with van der Waals surface area (Å²) in [5, 5.41) is 22.4. The molecule has 1 spiro atoms. The molecular weight excluding hydrogens is 478 g/mol. The number of carbonyl (C=O) groups is 1. The molecule has 5 rings (SSSR count). The quantitative estimate of drug-likeness (QED) is 0.465. The Hall–Kier alpha value is -3.63. The van der Waals surface area contributed by atoms with E-state index in [-0.39, 0.29) is 23.4 Å². The first kappa shape index (κ1) is 26.0. The molecule has 200 valence electrons. The summed E-state index contributed by atoms with van der Waals surface area (Å²) in [5.74, 6) is 2.73. The van der Waals surface area contributed by atoms with Crippen LogP contribution in [0.15, 0.2) is 29.9 Å². The standard InChI is InChI=1S/C28H37N9O/c1-6-21(11-29)10-22(34(4)5)37-17-27(8-7-9-27)23-24(32-18-33-25(23)37)35-12-20(3)36(13-19(35)2)26(38)28(14-30)15-31-16-28/h6,10,18-20,31H,7-9,12-13,15-17H2,1-5H3/b21-6+,22-10+/t19-,20+/m0/s1. The number of piperazine rings is 1. The fourth-order valence-corrected chi connectivity index (χ4v) is 6.32. The minimum absolute atomic E-state index is 0.0257. The number of anilines is 2. The number of nitrogens with zero attached hydrogens (tertiary/aromatic N) is 8. The van der Waals surface area contributed by atoms with Crippen molar-refractivity contribution in [3.63, 3.8) is 0 Å². The molecule has 4 heterocycles. The largest absolute Gasteiger partial charge is 0.364 e. The second-order valence-corrected chi connectivity index (χ2v) is 11.5. The normalized spacial score (nSPS) is 25.7. The van der Waals surface area contributed by atoms with Crippen molar-refractivity contribution in [2.45, 2.75) is 57.5 Å². The lowest BCUT2D eigenvalue weighted by molar-refractivity contribution is -0.144. The van der Waals surface area contributed by atoms with Crippen LogP contribution < -0.4 is 15.1 Å². The Bertz CT molecular complexity index is 1260. The van der Waals surface area contributed by atoms with Crippen LogP contribution in [0, 0.1) is 28.1 Å². The van der Waals surface area contributed by atoms with Gasteiger partial charge in [-0.05, 0) is 39.7 Å². The first-order valence-electron chi connectivity index (χ1n) is 13.5. The van der Waals surface area contributed by atoms with Gasteiger partial charge in [-0.25, -0.2) is 9.97 Å². The van der Waals surface area contributed by atoms with Crippen LogP contribution >= 0.6 is 0 Å². The molecule has 1 amide bonds. The van der Waals surface area contributed by atoms with E-state index in [4.69, 9.17) is 9.97 Å². The number of nitrogens with one attached hydrogen (secondary N) is 1. The molecule has 10 heteroatoms. The van der Waals surface area contributed by atoms with E-state index in [1.165, 1.54) is 12.0 Å². The van der Waals surface area contributed by atoms with Gasteiger partial charge in [-0.2, -0.15) is 10.5 Å². The zero-order chi connectivity index (χ0) is 27.2. The highest BCUT2D eigenvalue weighted by Gasteiger charge is 2.53. The van der Waals surface area contributed by atoms with E-state index in [0.717, 1.165) is 36.8 Å². The number of rotatable bonds is 5. The van der Waals surface area contributed by atoms with Crippen LogP contribution in [0.3, 0.4) is 0 Å². The highest BCUT2D eigenvalue weighted by atomic mass is 16.2. The minimum Gasteiger partial charge on any atom is -0.364 e. The molecule has 1 aromatic rings. The second-order valence-electron chi connectivity index (χ2n) is 11.5. The van der Waals surface area contributed by atoms with Crippen LogP contribution in [-0.2, 0) is 10.2 Å². The number of allylic oxidation sites excluding steroid dienone is 3. The minimum atomic E-state index is -0.938.